The normalized spacial score (nSPS) is 18.1. The standard InChI is InChI=1S/C13H11ClN2O2S/c1-8-12(17)16(7-9-6-15-13(14)19-9)10-4-2-3-5-11(10)18-8/h2-6,8H,7H2,1H3. The first-order valence-electron chi connectivity index (χ1n) is 5.82. The summed E-state index contributed by atoms with van der Waals surface area (Å²) in [5.41, 5.74) is 0.787. The lowest BCUT2D eigenvalue weighted by molar-refractivity contribution is -0.125. The number of thiazole rings is 1. The summed E-state index contributed by atoms with van der Waals surface area (Å²) in [6.07, 6.45) is 1.22. The summed E-state index contributed by atoms with van der Waals surface area (Å²) in [7, 11) is 0. The Hall–Kier alpha value is -1.59. The third-order valence-electron chi connectivity index (χ3n) is 2.91. The zero-order valence-electron chi connectivity index (χ0n) is 10.2. The van der Waals surface area contributed by atoms with E-state index in [1.807, 2.05) is 24.3 Å². The van der Waals surface area contributed by atoms with Crippen LogP contribution >= 0.6 is 22.9 Å². The Morgan fingerprint density at radius 3 is 3.00 bits per heavy atom. The molecular weight excluding hydrogens is 284 g/mol. The predicted octanol–water partition coefficient (Wildman–Crippen LogP) is 3.11. The van der Waals surface area contributed by atoms with E-state index < -0.39 is 6.10 Å². The van der Waals surface area contributed by atoms with Crippen LogP contribution in [-0.2, 0) is 11.3 Å². The molecule has 0 bridgehead atoms. The molecule has 0 radical (unpaired) electrons. The molecule has 6 heteroatoms. The smallest absolute Gasteiger partial charge is 0.268 e. The number of benzene rings is 1. The maximum Gasteiger partial charge on any atom is 0.268 e. The molecule has 1 aliphatic heterocycles. The third-order valence-corrected chi connectivity index (χ3v) is 4.01. The minimum atomic E-state index is -0.474. The number of rotatable bonds is 2. The van der Waals surface area contributed by atoms with Crippen LogP contribution in [0.25, 0.3) is 0 Å². The van der Waals surface area contributed by atoms with E-state index in [4.69, 9.17) is 16.3 Å². The van der Waals surface area contributed by atoms with Crippen LogP contribution in [0.15, 0.2) is 30.5 Å². The van der Waals surface area contributed by atoms with Gasteiger partial charge in [0.25, 0.3) is 5.91 Å². The lowest BCUT2D eigenvalue weighted by atomic mass is 10.2. The van der Waals surface area contributed by atoms with Crippen LogP contribution in [0.3, 0.4) is 0 Å². The van der Waals surface area contributed by atoms with Gasteiger partial charge < -0.3 is 9.64 Å². The average Bonchev–Trinajstić information content (AvgIpc) is 2.80. The SMILES string of the molecule is CC1Oc2ccccc2N(Cc2cnc(Cl)s2)C1=O. The molecule has 19 heavy (non-hydrogen) atoms. The number of aromatic nitrogens is 1. The van der Waals surface area contributed by atoms with Crippen LogP contribution in [0, 0.1) is 0 Å². The Morgan fingerprint density at radius 1 is 1.47 bits per heavy atom. The van der Waals surface area contributed by atoms with Crippen molar-refractivity contribution in [3.05, 3.63) is 39.8 Å². The molecular formula is C13H11ClN2O2S. The molecule has 3 rings (SSSR count). The predicted molar refractivity (Wildman–Crippen MR) is 74.8 cm³/mol. The number of para-hydroxylation sites is 2. The highest BCUT2D eigenvalue weighted by atomic mass is 35.5. The Bertz CT molecular complexity index is 629. The molecule has 2 heterocycles. The highest BCUT2D eigenvalue weighted by Crippen LogP contribution is 2.35. The van der Waals surface area contributed by atoms with Gasteiger partial charge in [-0.2, -0.15) is 0 Å². The van der Waals surface area contributed by atoms with Crippen LogP contribution in [0.1, 0.15) is 11.8 Å². The van der Waals surface area contributed by atoms with Crippen molar-refractivity contribution >= 4 is 34.5 Å². The summed E-state index contributed by atoms with van der Waals surface area (Å²) >= 11 is 7.20. The van der Waals surface area contributed by atoms with Gasteiger partial charge in [-0.1, -0.05) is 23.7 Å². The van der Waals surface area contributed by atoms with Crippen molar-refractivity contribution < 1.29 is 9.53 Å². The van der Waals surface area contributed by atoms with Crippen molar-refractivity contribution in [1.82, 2.24) is 4.98 Å². The van der Waals surface area contributed by atoms with E-state index in [0.29, 0.717) is 11.0 Å². The van der Waals surface area contributed by atoms with Crippen LogP contribution in [-0.4, -0.2) is 17.0 Å². The largest absolute Gasteiger partial charge is 0.479 e. The number of amides is 1. The van der Waals surface area contributed by atoms with Gasteiger partial charge in [0.05, 0.1) is 12.2 Å². The zero-order chi connectivity index (χ0) is 13.4. The molecule has 0 N–H and O–H groups in total. The number of ether oxygens (including phenoxy) is 1. The molecule has 0 fully saturated rings. The summed E-state index contributed by atoms with van der Waals surface area (Å²) in [5, 5.41) is 0. The molecule has 1 atom stereocenters. The number of anilines is 1. The molecule has 1 unspecified atom stereocenters. The summed E-state index contributed by atoms with van der Waals surface area (Å²) in [5.74, 6) is 0.674. The first kappa shape index (κ1) is 12.4. The van der Waals surface area contributed by atoms with Crippen molar-refractivity contribution in [2.45, 2.75) is 19.6 Å². The number of fused-ring (bicyclic) bond motifs is 1. The maximum absolute atomic E-state index is 12.3. The first-order chi connectivity index (χ1) is 9.15. The molecule has 4 nitrogen and oxygen atoms in total. The minimum absolute atomic E-state index is 0.0526. The van der Waals surface area contributed by atoms with Gasteiger partial charge in [-0.05, 0) is 19.1 Å². The van der Waals surface area contributed by atoms with Gasteiger partial charge >= 0.3 is 0 Å². The van der Waals surface area contributed by atoms with Crippen LogP contribution in [0.2, 0.25) is 4.47 Å². The number of carbonyl (C=O) groups excluding carboxylic acids is 1. The van der Waals surface area contributed by atoms with Gasteiger partial charge in [0.2, 0.25) is 0 Å². The molecule has 0 aliphatic carbocycles. The molecule has 1 aromatic carbocycles. The van der Waals surface area contributed by atoms with Crippen LogP contribution < -0.4 is 9.64 Å². The molecule has 1 amide bonds. The van der Waals surface area contributed by atoms with Gasteiger partial charge in [0.1, 0.15) is 5.75 Å². The van der Waals surface area contributed by atoms with Crippen molar-refractivity contribution in [1.29, 1.82) is 0 Å². The second-order valence-corrected chi connectivity index (χ2v) is 5.93. The first-order valence-corrected chi connectivity index (χ1v) is 7.02. The molecule has 1 aliphatic rings. The van der Waals surface area contributed by atoms with Crippen molar-refractivity contribution in [3.8, 4) is 5.75 Å². The van der Waals surface area contributed by atoms with Crippen molar-refractivity contribution in [2.24, 2.45) is 0 Å². The summed E-state index contributed by atoms with van der Waals surface area (Å²) in [6.45, 7) is 2.22. The van der Waals surface area contributed by atoms with E-state index in [2.05, 4.69) is 4.98 Å². The molecule has 0 saturated heterocycles. The average molecular weight is 295 g/mol. The number of hydrogen-bond acceptors (Lipinski definition) is 4. The molecule has 1 aromatic heterocycles. The fourth-order valence-corrected chi connectivity index (χ4v) is 3.00. The van der Waals surface area contributed by atoms with Gasteiger partial charge in [-0.15, -0.1) is 11.3 Å². The van der Waals surface area contributed by atoms with Gasteiger partial charge in [-0.25, -0.2) is 4.98 Å². The summed E-state index contributed by atoms with van der Waals surface area (Å²) in [6, 6.07) is 7.52. The van der Waals surface area contributed by atoms with Crippen LogP contribution in [0.4, 0.5) is 5.69 Å². The minimum Gasteiger partial charge on any atom is -0.479 e. The molecule has 0 saturated carbocycles. The van der Waals surface area contributed by atoms with E-state index in [-0.39, 0.29) is 5.91 Å². The van der Waals surface area contributed by atoms with E-state index in [1.165, 1.54) is 11.3 Å². The molecule has 0 spiro atoms. The van der Waals surface area contributed by atoms with E-state index in [0.717, 1.165) is 16.3 Å². The van der Waals surface area contributed by atoms with E-state index in [1.54, 1.807) is 18.0 Å². The van der Waals surface area contributed by atoms with Crippen molar-refractivity contribution in [3.63, 3.8) is 0 Å². The Kier molecular flexibility index (Phi) is 3.16. The fraction of sp³-hybridized carbons (Fsp3) is 0.231. The molecule has 2 aromatic rings. The number of halogens is 1. The number of nitrogens with zero attached hydrogens (tertiary/aromatic N) is 2. The van der Waals surface area contributed by atoms with Crippen molar-refractivity contribution in [2.75, 3.05) is 4.90 Å². The highest BCUT2D eigenvalue weighted by Gasteiger charge is 2.31. The van der Waals surface area contributed by atoms with Gasteiger partial charge in [0.15, 0.2) is 10.6 Å². The number of hydrogen-bond donors (Lipinski definition) is 0. The summed E-state index contributed by atoms with van der Waals surface area (Å²) in [4.78, 5) is 18.9. The van der Waals surface area contributed by atoms with Gasteiger partial charge in [-0.3, -0.25) is 4.79 Å². The van der Waals surface area contributed by atoms with E-state index >= 15 is 0 Å². The Morgan fingerprint density at radius 2 is 2.26 bits per heavy atom. The van der Waals surface area contributed by atoms with E-state index in [9.17, 15) is 4.79 Å². The lowest BCUT2D eigenvalue weighted by Crippen LogP contribution is -2.43. The second-order valence-electron chi connectivity index (χ2n) is 4.23. The Balaban J connectivity index is 1.96. The quantitative estimate of drug-likeness (QED) is 0.855. The number of carbonyl (C=O) groups is 1. The fourth-order valence-electron chi connectivity index (χ4n) is 2.03. The third kappa shape index (κ3) is 2.31. The summed E-state index contributed by atoms with van der Waals surface area (Å²) < 4.78 is 6.07. The van der Waals surface area contributed by atoms with Gasteiger partial charge in [0, 0.05) is 11.1 Å². The van der Waals surface area contributed by atoms with Crippen LogP contribution in [0.5, 0.6) is 5.75 Å². The highest BCUT2D eigenvalue weighted by molar-refractivity contribution is 7.15. The maximum atomic E-state index is 12.3. The Labute approximate surface area is 119 Å². The zero-order valence-corrected chi connectivity index (χ0v) is 11.7. The molecule has 98 valence electrons. The second kappa shape index (κ2) is 4.83. The topological polar surface area (TPSA) is 42.4 Å². The monoisotopic (exact) mass is 294 g/mol. The lowest BCUT2D eigenvalue weighted by Gasteiger charge is -2.32.